The Kier molecular flexibility index (Phi) is 4.70. The number of carbonyl (C=O) groups excluding carboxylic acids is 1. The van der Waals surface area contributed by atoms with Gasteiger partial charge in [-0.1, -0.05) is 18.2 Å². The number of nitrogens with zero attached hydrogens (tertiary/aromatic N) is 2. The molecule has 0 saturated carbocycles. The number of nitrogen functional groups attached to an aromatic ring is 1. The van der Waals surface area contributed by atoms with Crippen LogP contribution in [-0.2, 0) is 0 Å². The Balaban J connectivity index is 1.63. The Morgan fingerprint density at radius 2 is 1.68 bits per heavy atom. The highest BCUT2D eigenvalue weighted by Gasteiger charge is 2.04. The number of carbonyl (C=O) groups is 1. The number of nitrogens with two attached hydrogens (primary N) is 1. The Morgan fingerprint density at radius 3 is 2.44 bits per heavy atom. The third-order valence-corrected chi connectivity index (χ3v) is 3.27. The third-order valence-electron chi connectivity index (χ3n) is 3.27. The fourth-order valence-corrected chi connectivity index (χ4v) is 2.12. The van der Waals surface area contributed by atoms with Gasteiger partial charge < -0.3 is 11.1 Å². The van der Waals surface area contributed by atoms with Gasteiger partial charge in [-0.3, -0.25) is 10.9 Å². The van der Waals surface area contributed by atoms with Crippen LogP contribution in [0.3, 0.4) is 0 Å². The molecule has 0 unspecified atom stereocenters. The molecule has 1 heterocycles. The van der Waals surface area contributed by atoms with Gasteiger partial charge in [0, 0.05) is 23.6 Å². The van der Waals surface area contributed by atoms with Crippen LogP contribution in [0.15, 0.2) is 60.9 Å². The van der Waals surface area contributed by atoms with Gasteiger partial charge in [0.2, 0.25) is 5.95 Å². The maximum absolute atomic E-state index is 13.1. The van der Waals surface area contributed by atoms with Crippen LogP contribution in [0.25, 0.3) is 11.1 Å². The maximum Gasteiger partial charge on any atom is 0.337 e. The minimum Gasteiger partial charge on any atom is -0.368 e. The summed E-state index contributed by atoms with van der Waals surface area (Å²) >= 11 is 0. The number of urea groups is 1. The Hall–Kier alpha value is -3.68. The molecule has 7 nitrogen and oxygen atoms in total. The predicted molar refractivity (Wildman–Crippen MR) is 94.1 cm³/mol. The van der Waals surface area contributed by atoms with Gasteiger partial charge in [0.15, 0.2) is 0 Å². The largest absolute Gasteiger partial charge is 0.368 e. The van der Waals surface area contributed by atoms with Gasteiger partial charge in [-0.15, -0.1) is 0 Å². The number of hydrogen-bond acceptors (Lipinski definition) is 5. The summed E-state index contributed by atoms with van der Waals surface area (Å²) in [4.78, 5) is 19.8. The van der Waals surface area contributed by atoms with E-state index < -0.39 is 11.8 Å². The summed E-state index contributed by atoms with van der Waals surface area (Å²) in [6.45, 7) is 0. The molecule has 0 fully saturated rings. The molecule has 0 aliphatic rings. The quantitative estimate of drug-likeness (QED) is 0.547. The number of benzene rings is 2. The molecule has 0 saturated heterocycles. The molecule has 3 aromatic rings. The topological polar surface area (TPSA) is 105 Å². The number of aromatic nitrogens is 2. The predicted octanol–water partition coefficient (Wildman–Crippen LogP) is 3.01. The van der Waals surface area contributed by atoms with Crippen LogP contribution in [0.4, 0.5) is 26.5 Å². The van der Waals surface area contributed by atoms with Crippen LogP contribution in [-0.4, -0.2) is 16.0 Å². The van der Waals surface area contributed by atoms with Crippen LogP contribution >= 0.6 is 0 Å². The molecule has 5 N–H and O–H groups in total. The molecule has 0 aliphatic heterocycles. The standard InChI is InChI=1S/C17H15FN6O/c18-13-4-2-6-15(8-13)23-24-17(25)22-14-5-1-3-11(7-14)12-9-20-16(19)21-10-12/h1-10,23H,(H2,19,20,21)(H2,22,24,25). The van der Waals surface area contributed by atoms with Crippen molar-refractivity contribution in [3.05, 3.63) is 66.7 Å². The Morgan fingerprint density at radius 1 is 0.960 bits per heavy atom. The first kappa shape index (κ1) is 16.2. The van der Waals surface area contributed by atoms with Gasteiger partial charge in [0.25, 0.3) is 0 Å². The van der Waals surface area contributed by atoms with E-state index in [-0.39, 0.29) is 5.95 Å². The van der Waals surface area contributed by atoms with E-state index in [1.54, 1.807) is 36.7 Å². The molecule has 0 radical (unpaired) electrons. The number of rotatable bonds is 4. The van der Waals surface area contributed by atoms with Crippen LogP contribution in [0.5, 0.6) is 0 Å². The second-order valence-electron chi connectivity index (χ2n) is 5.13. The normalized spacial score (nSPS) is 10.1. The average molecular weight is 338 g/mol. The molecule has 3 rings (SSSR count). The Bertz CT molecular complexity index is 884. The number of hydrazine groups is 1. The third kappa shape index (κ3) is 4.41. The highest BCUT2D eigenvalue weighted by atomic mass is 19.1. The summed E-state index contributed by atoms with van der Waals surface area (Å²) in [6.07, 6.45) is 3.21. The van der Waals surface area contributed by atoms with E-state index in [4.69, 9.17) is 5.73 Å². The van der Waals surface area contributed by atoms with Crippen LogP contribution in [0.1, 0.15) is 0 Å². The molecule has 2 amide bonds. The lowest BCUT2D eigenvalue weighted by Gasteiger charge is -2.11. The minimum atomic E-state index is -0.491. The van der Waals surface area contributed by atoms with E-state index in [9.17, 15) is 9.18 Å². The van der Waals surface area contributed by atoms with Gasteiger partial charge in [0.05, 0.1) is 5.69 Å². The van der Waals surface area contributed by atoms with Crippen LogP contribution < -0.4 is 21.9 Å². The van der Waals surface area contributed by atoms with Gasteiger partial charge in [-0.2, -0.15) is 0 Å². The molecule has 0 atom stereocenters. The minimum absolute atomic E-state index is 0.195. The van der Waals surface area contributed by atoms with E-state index in [0.29, 0.717) is 11.4 Å². The van der Waals surface area contributed by atoms with E-state index in [0.717, 1.165) is 11.1 Å². The summed E-state index contributed by atoms with van der Waals surface area (Å²) in [5.41, 5.74) is 13.1. The summed E-state index contributed by atoms with van der Waals surface area (Å²) in [5, 5.41) is 2.68. The second kappa shape index (κ2) is 7.26. The van der Waals surface area contributed by atoms with E-state index >= 15 is 0 Å². The van der Waals surface area contributed by atoms with Crippen LogP contribution in [0, 0.1) is 5.82 Å². The van der Waals surface area contributed by atoms with Crippen molar-refractivity contribution in [1.29, 1.82) is 0 Å². The first-order valence-corrected chi connectivity index (χ1v) is 7.37. The Labute approximate surface area is 143 Å². The molecule has 0 bridgehead atoms. The maximum atomic E-state index is 13.1. The van der Waals surface area contributed by atoms with Gasteiger partial charge in [-0.05, 0) is 35.9 Å². The van der Waals surface area contributed by atoms with Crippen molar-refractivity contribution in [2.24, 2.45) is 0 Å². The van der Waals surface area contributed by atoms with Crippen molar-refractivity contribution >= 4 is 23.4 Å². The fraction of sp³-hybridized carbons (Fsp3) is 0. The molecule has 0 aliphatic carbocycles. The molecule has 8 heteroatoms. The van der Waals surface area contributed by atoms with Crippen molar-refractivity contribution in [2.75, 3.05) is 16.5 Å². The number of nitrogens with one attached hydrogen (secondary N) is 3. The highest BCUT2D eigenvalue weighted by molar-refractivity contribution is 5.90. The average Bonchev–Trinajstić information content (AvgIpc) is 2.61. The van der Waals surface area contributed by atoms with Crippen LogP contribution in [0.2, 0.25) is 0 Å². The summed E-state index contributed by atoms with van der Waals surface area (Å²) in [5.74, 6) is -0.202. The van der Waals surface area contributed by atoms with E-state index in [2.05, 4.69) is 26.1 Å². The monoisotopic (exact) mass is 338 g/mol. The smallest absolute Gasteiger partial charge is 0.337 e. The lowest BCUT2D eigenvalue weighted by Crippen LogP contribution is -2.33. The van der Waals surface area contributed by atoms with Crippen molar-refractivity contribution in [1.82, 2.24) is 15.4 Å². The van der Waals surface area contributed by atoms with Crippen molar-refractivity contribution in [3.63, 3.8) is 0 Å². The molecular formula is C17H15FN6O. The van der Waals surface area contributed by atoms with E-state index in [1.807, 2.05) is 6.07 Å². The van der Waals surface area contributed by atoms with Crippen molar-refractivity contribution < 1.29 is 9.18 Å². The van der Waals surface area contributed by atoms with Gasteiger partial charge in [0.1, 0.15) is 5.82 Å². The number of hydrogen-bond donors (Lipinski definition) is 4. The number of halogens is 1. The summed E-state index contributed by atoms with van der Waals surface area (Å²) in [6, 6.07) is 12.4. The summed E-state index contributed by atoms with van der Waals surface area (Å²) in [7, 11) is 0. The zero-order chi connectivity index (χ0) is 17.6. The molecule has 2 aromatic carbocycles. The SMILES string of the molecule is Nc1ncc(-c2cccc(NC(=O)NNc3cccc(F)c3)c2)cn1. The number of anilines is 3. The highest BCUT2D eigenvalue weighted by Crippen LogP contribution is 2.21. The molecule has 1 aromatic heterocycles. The number of amides is 2. The first-order valence-electron chi connectivity index (χ1n) is 7.37. The van der Waals surface area contributed by atoms with Crippen molar-refractivity contribution in [2.45, 2.75) is 0 Å². The first-order chi connectivity index (χ1) is 12.1. The molecule has 126 valence electrons. The molecule has 25 heavy (non-hydrogen) atoms. The molecular weight excluding hydrogens is 323 g/mol. The summed E-state index contributed by atoms with van der Waals surface area (Å²) < 4.78 is 13.1. The van der Waals surface area contributed by atoms with Gasteiger partial charge in [-0.25, -0.2) is 19.2 Å². The lowest BCUT2D eigenvalue weighted by molar-refractivity contribution is 0.254. The lowest BCUT2D eigenvalue weighted by atomic mass is 10.1. The zero-order valence-corrected chi connectivity index (χ0v) is 13.0. The van der Waals surface area contributed by atoms with Gasteiger partial charge >= 0.3 is 6.03 Å². The zero-order valence-electron chi connectivity index (χ0n) is 13.0. The second-order valence-corrected chi connectivity index (χ2v) is 5.13. The van der Waals surface area contributed by atoms with E-state index in [1.165, 1.54) is 18.2 Å². The molecule has 0 spiro atoms. The fourth-order valence-electron chi connectivity index (χ4n) is 2.12. The van der Waals surface area contributed by atoms with Crippen molar-refractivity contribution in [3.8, 4) is 11.1 Å².